The standard InChI is InChI=1S/C31H44N4O2/c1-5-31(6-2,26-13-12-25(23(3)21-26)16-19-30(36)17-8-9-18-30)27-14-15-28(24(4)22-27)37-20-10-7-11-29-32-34-35-33-29/h12-15,21-22,36H,5-11,16-20H2,1-4H3,(H,32,33,34,35). The molecule has 1 fully saturated rings. The van der Waals surface area contributed by atoms with Crippen molar-refractivity contribution < 1.29 is 9.84 Å². The van der Waals surface area contributed by atoms with E-state index in [0.29, 0.717) is 6.61 Å². The zero-order valence-corrected chi connectivity index (χ0v) is 23.1. The maximum atomic E-state index is 10.8. The van der Waals surface area contributed by atoms with Crippen LogP contribution in [0.15, 0.2) is 36.4 Å². The van der Waals surface area contributed by atoms with Crippen LogP contribution in [0.5, 0.6) is 5.75 Å². The van der Waals surface area contributed by atoms with Crippen molar-refractivity contribution in [2.24, 2.45) is 0 Å². The van der Waals surface area contributed by atoms with E-state index in [1.807, 2.05) is 0 Å². The van der Waals surface area contributed by atoms with Gasteiger partial charge in [-0.1, -0.05) is 57.0 Å². The highest BCUT2D eigenvalue weighted by molar-refractivity contribution is 5.47. The Kier molecular flexibility index (Phi) is 9.01. The molecule has 0 radical (unpaired) electrons. The van der Waals surface area contributed by atoms with Gasteiger partial charge in [-0.05, 0) is 110 Å². The number of nitrogens with one attached hydrogen (secondary N) is 1. The summed E-state index contributed by atoms with van der Waals surface area (Å²) in [6.07, 6.45) is 10.9. The lowest BCUT2D eigenvalue weighted by atomic mass is 9.69. The number of aliphatic hydroxyl groups is 1. The molecule has 0 unspecified atom stereocenters. The molecule has 2 N–H and O–H groups in total. The normalized spacial score (nSPS) is 15.3. The summed E-state index contributed by atoms with van der Waals surface area (Å²) in [5.41, 5.74) is 6.15. The monoisotopic (exact) mass is 504 g/mol. The number of benzene rings is 2. The van der Waals surface area contributed by atoms with E-state index in [-0.39, 0.29) is 5.41 Å². The Morgan fingerprint density at radius 1 is 0.946 bits per heavy atom. The van der Waals surface area contributed by atoms with Gasteiger partial charge in [0.2, 0.25) is 0 Å². The predicted molar refractivity (Wildman–Crippen MR) is 148 cm³/mol. The number of unbranched alkanes of at least 4 members (excludes halogenated alkanes) is 1. The molecule has 0 spiro atoms. The van der Waals surface area contributed by atoms with Crippen molar-refractivity contribution in [3.05, 3.63) is 70.0 Å². The van der Waals surface area contributed by atoms with E-state index in [1.54, 1.807) is 0 Å². The van der Waals surface area contributed by atoms with Gasteiger partial charge >= 0.3 is 0 Å². The van der Waals surface area contributed by atoms with E-state index in [2.05, 4.69) is 84.7 Å². The minimum Gasteiger partial charge on any atom is -0.493 e. The van der Waals surface area contributed by atoms with Gasteiger partial charge in [0, 0.05) is 11.8 Å². The summed E-state index contributed by atoms with van der Waals surface area (Å²) in [4.78, 5) is 0. The third-order valence-corrected chi connectivity index (χ3v) is 8.68. The fourth-order valence-electron chi connectivity index (χ4n) is 6.13. The van der Waals surface area contributed by atoms with Gasteiger partial charge in [-0.2, -0.15) is 0 Å². The maximum absolute atomic E-state index is 10.8. The van der Waals surface area contributed by atoms with E-state index < -0.39 is 5.60 Å². The van der Waals surface area contributed by atoms with Crippen LogP contribution in [0.25, 0.3) is 0 Å². The van der Waals surface area contributed by atoms with Crippen molar-refractivity contribution in [3.8, 4) is 5.75 Å². The van der Waals surface area contributed by atoms with Crippen LogP contribution < -0.4 is 4.74 Å². The van der Waals surface area contributed by atoms with Crippen LogP contribution >= 0.6 is 0 Å². The minimum absolute atomic E-state index is 0.0264. The molecule has 0 saturated heterocycles. The topological polar surface area (TPSA) is 83.9 Å². The Labute approximate surface area is 222 Å². The number of hydrogen-bond acceptors (Lipinski definition) is 5. The lowest BCUT2D eigenvalue weighted by Gasteiger charge is -2.34. The number of aryl methyl sites for hydroxylation is 4. The third kappa shape index (κ3) is 6.40. The lowest BCUT2D eigenvalue weighted by molar-refractivity contribution is 0.0391. The van der Waals surface area contributed by atoms with Crippen LogP contribution in [0.4, 0.5) is 0 Å². The highest BCUT2D eigenvalue weighted by Crippen LogP contribution is 2.41. The lowest BCUT2D eigenvalue weighted by Crippen LogP contribution is -2.27. The van der Waals surface area contributed by atoms with E-state index in [1.165, 1.54) is 27.8 Å². The summed E-state index contributed by atoms with van der Waals surface area (Å²) < 4.78 is 6.13. The highest BCUT2D eigenvalue weighted by Gasteiger charge is 2.33. The molecule has 1 saturated carbocycles. The molecule has 0 atom stereocenters. The molecule has 2 aromatic carbocycles. The molecule has 1 aromatic heterocycles. The number of nitrogens with zero attached hydrogens (tertiary/aromatic N) is 3. The fourth-order valence-corrected chi connectivity index (χ4v) is 6.13. The summed E-state index contributed by atoms with van der Waals surface area (Å²) in [6.45, 7) is 9.66. The SMILES string of the molecule is CCC(CC)(c1ccc(CCC2(O)CCCC2)c(C)c1)c1ccc(OCCCCc2nnn[nH]2)c(C)c1. The number of ether oxygens (including phenoxy) is 1. The van der Waals surface area contributed by atoms with Crippen molar-refractivity contribution in [2.75, 3.05) is 6.61 Å². The smallest absolute Gasteiger partial charge is 0.148 e. The number of H-pyrrole nitrogens is 1. The second-order valence-electron chi connectivity index (χ2n) is 11.0. The van der Waals surface area contributed by atoms with Crippen molar-refractivity contribution in [3.63, 3.8) is 0 Å². The molecule has 3 aromatic rings. The molecule has 1 aliphatic carbocycles. The quantitative estimate of drug-likeness (QED) is 0.258. The van der Waals surface area contributed by atoms with Crippen molar-refractivity contribution in [2.45, 2.75) is 109 Å². The molecule has 1 heterocycles. The Morgan fingerprint density at radius 2 is 1.65 bits per heavy atom. The van der Waals surface area contributed by atoms with Gasteiger partial charge in [0.25, 0.3) is 0 Å². The Balaban J connectivity index is 1.43. The summed E-state index contributed by atoms with van der Waals surface area (Å²) in [5.74, 6) is 1.79. The molecule has 6 nitrogen and oxygen atoms in total. The highest BCUT2D eigenvalue weighted by atomic mass is 16.5. The van der Waals surface area contributed by atoms with Crippen LogP contribution in [-0.4, -0.2) is 37.9 Å². The summed E-state index contributed by atoms with van der Waals surface area (Å²) in [6, 6.07) is 13.8. The largest absolute Gasteiger partial charge is 0.493 e. The zero-order valence-electron chi connectivity index (χ0n) is 23.1. The maximum Gasteiger partial charge on any atom is 0.148 e. The molecular formula is C31H44N4O2. The summed E-state index contributed by atoms with van der Waals surface area (Å²) >= 11 is 0. The number of tetrazole rings is 1. The average Bonchev–Trinajstić information content (AvgIpc) is 3.58. The Bertz CT molecular complexity index is 1130. The molecule has 6 heteroatoms. The Hall–Kier alpha value is -2.73. The number of rotatable bonds is 13. The number of aromatic nitrogens is 4. The molecule has 0 bridgehead atoms. The molecule has 0 amide bonds. The van der Waals surface area contributed by atoms with Crippen LogP contribution in [0, 0.1) is 13.8 Å². The van der Waals surface area contributed by atoms with Gasteiger partial charge in [0.15, 0.2) is 0 Å². The second kappa shape index (κ2) is 12.2. The van der Waals surface area contributed by atoms with Gasteiger partial charge in [0.1, 0.15) is 11.6 Å². The average molecular weight is 505 g/mol. The van der Waals surface area contributed by atoms with Gasteiger partial charge in [-0.3, -0.25) is 0 Å². The molecule has 0 aliphatic heterocycles. The van der Waals surface area contributed by atoms with E-state index in [0.717, 1.165) is 82.2 Å². The third-order valence-electron chi connectivity index (χ3n) is 8.68. The van der Waals surface area contributed by atoms with Gasteiger partial charge in [-0.15, -0.1) is 5.10 Å². The van der Waals surface area contributed by atoms with Crippen LogP contribution in [0.1, 0.15) is 105 Å². The van der Waals surface area contributed by atoms with Crippen LogP contribution in [-0.2, 0) is 18.3 Å². The molecule has 37 heavy (non-hydrogen) atoms. The van der Waals surface area contributed by atoms with Gasteiger partial charge in [0.05, 0.1) is 12.2 Å². The molecular weight excluding hydrogens is 460 g/mol. The zero-order chi connectivity index (χ0) is 26.3. The van der Waals surface area contributed by atoms with Crippen LogP contribution in [0.2, 0.25) is 0 Å². The first-order chi connectivity index (χ1) is 17.9. The summed E-state index contributed by atoms with van der Waals surface area (Å²) in [5, 5.41) is 24.8. The Morgan fingerprint density at radius 3 is 2.27 bits per heavy atom. The summed E-state index contributed by atoms with van der Waals surface area (Å²) in [7, 11) is 0. The van der Waals surface area contributed by atoms with Crippen LogP contribution in [0.3, 0.4) is 0 Å². The van der Waals surface area contributed by atoms with Crippen molar-refractivity contribution >= 4 is 0 Å². The van der Waals surface area contributed by atoms with E-state index >= 15 is 0 Å². The fraction of sp³-hybridized carbons (Fsp3) is 0.581. The first-order valence-corrected chi connectivity index (χ1v) is 14.2. The van der Waals surface area contributed by atoms with E-state index in [9.17, 15) is 5.11 Å². The van der Waals surface area contributed by atoms with Crippen molar-refractivity contribution in [1.29, 1.82) is 0 Å². The molecule has 4 rings (SSSR count). The number of aromatic amines is 1. The predicted octanol–water partition coefficient (Wildman–Crippen LogP) is 6.56. The molecule has 1 aliphatic rings. The van der Waals surface area contributed by atoms with Gasteiger partial charge < -0.3 is 9.84 Å². The van der Waals surface area contributed by atoms with E-state index in [4.69, 9.17) is 4.74 Å². The first kappa shape index (κ1) is 27.3. The first-order valence-electron chi connectivity index (χ1n) is 14.2. The van der Waals surface area contributed by atoms with Gasteiger partial charge in [-0.25, -0.2) is 5.10 Å². The number of hydrogen-bond donors (Lipinski definition) is 2. The van der Waals surface area contributed by atoms with Crippen molar-refractivity contribution in [1.82, 2.24) is 20.6 Å². The second-order valence-corrected chi connectivity index (χ2v) is 11.0. The molecule has 200 valence electrons. The minimum atomic E-state index is -0.447.